The summed E-state index contributed by atoms with van der Waals surface area (Å²) < 4.78 is 0. The first-order valence-corrected chi connectivity index (χ1v) is 6.65. The van der Waals surface area contributed by atoms with Crippen LogP contribution < -0.4 is 11.1 Å². The van der Waals surface area contributed by atoms with Crippen molar-refractivity contribution in [1.82, 2.24) is 9.97 Å². The van der Waals surface area contributed by atoms with Crippen molar-refractivity contribution in [3.05, 3.63) is 11.4 Å². The number of nitrogens with one attached hydrogen (secondary N) is 1. The average molecular weight is 250 g/mol. The Balaban J connectivity index is 3.00. The van der Waals surface area contributed by atoms with Crippen molar-refractivity contribution >= 4 is 11.6 Å². The Kier molecular flexibility index (Phi) is 4.54. The molecule has 1 heterocycles. The molecule has 1 atom stereocenters. The second-order valence-corrected chi connectivity index (χ2v) is 5.98. The molecule has 0 aliphatic heterocycles. The molecule has 3 N–H and O–H groups in total. The Morgan fingerprint density at radius 1 is 1.28 bits per heavy atom. The third-order valence-corrected chi connectivity index (χ3v) is 3.36. The third kappa shape index (κ3) is 3.59. The van der Waals surface area contributed by atoms with Crippen molar-refractivity contribution in [2.24, 2.45) is 5.41 Å². The van der Waals surface area contributed by atoms with Gasteiger partial charge in [-0.05, 0) is 25.7 Å². The van der Waals surface area contributed by atoms with Crippen LogP contribution in [0.15, 0.2) is 0 Å². The van der Waals surface area contributed by atoms with Gasteiger partial charge in [-0.2, -0.15) is 0 Å². The van der Waals surface area contributed by atoms with Crippen LogP contribution in [0.2, 0.25) is 0 Å². The number of hydrogen-bond donors (Lipinski definition) is 2. The van der Waals surface area contributed by atoms with Crippen molar-refractivity contribution in [2.45, 2.75) is 60.4 Å². The summed E-state index contributed by atoms with van der Waals surface area (Å²) in [5, 5.41) is 3.46. The van der Waals surface area contributed by atoms with Gasteiger partial charge in [0.25, 0.3) is 0 Å². The molecule has 1 aromatic rings. The summed E-state index contributed by atoms with van der Waals surface area (Å²) in [4.78, 5) is 8.89. The van der Waals surface area contributed by atoms with Crippen LogP contribution in [0.25, 0.3) is 0 Å². The molecule has 0 amide bonds. The van der Waals surface area contributed by atoms with Gasteiger partial charge >= 0.3 is 0 Å². The summed E-state index contributed by atoms with van der Waals surface area (Å²) >= 11 is 0. The highest BCUT2D eigenvalue weighted by atomic mass is 15.1. The van der Waals surface area contributed by atoms with Crippen LogP contribution in [-0.2, 0) is 6.42 Å². The molecule has 0 aliphatic rings. The van der Waals surface area contributed by atoms with Crippen LogP contribution in [0.3, 0.4) is 0 Å². The molecule has 0 aliphatic carbocycles. The summed E-state index contributed by atoms with van der Waals surface area (Å²) in [6.07, 6.45) is 1.89. The molecule has 0 radical (unpaired) electrons. The van der Waals surface area contributed by atoms with E-state index in [1.807, 2.05) is 6.92 Å². The van der Waals surface area contributed by atoms with Crippen molar-refractivity contribution in [1.29, 1.82) is 0 Å². The number of aryl methyl sites for hydroxylation is 1. The van der Waals surface area contributed by atoms with Gasteiger partial charge in [0, 0.05) is 18.0 Å². The largest absolute Gasteiger partial charge is 0.383 e. The maximum absolute atomic E-state index is 5.95. The van der Waals surface area contributed by atoms with Gasteiger partial charge in [0.1, 0.15) is 17.5 Å². The zero-order valence-corrected chi connectivity index (χ0v) is 12.5. The van der Waals surface area contributed by atoms with Crippen LogP contribution in [-0.4, -0.2) is 16.0 Å². The number of rotatable bonds is 4. The Bertz CT molecular complexity index is 407. The molecular formula is C14H26N4. The standard InChI is InChI=1S/C14H26N4/c1-7-8-11-17-12(15)9(2)13(18-11)16-10(3)14(4,5)6/h10H,7-8H2,1-6H3,(H3,15,16,17,18). The number of nitrogens with two attached hydrogens (primary N) is 1. The molecule has 0 spiro atoms. The molecule has 102 valence electrons. The number of hydrogen-bond acceptors (Lipinski definition) is 4. The lowest BCUT2D eigenvalue weighted by Gasteiger charge is -2.29. The van der Waals surface area contributed by atoms with Gasteiger partial charge in [-0.25, -0.2) is 9.97 Å². The molecule has 0 saturated heterocycles. The molecule has 1 rings (SSSR count). The highest BCUT2D eigenvalue weighted by molar-refractivity contribution is 5.55. The van der Waals surface area contributed by atoms with E-state index in [0.29, 0.717) is 11.9 Å². The molecule has 1 unspecified atom stereocenters. The molecule has 4 nitrogen and oxygen atoms in total. The zero-order chi connectivity index (χ0) is 13.9. The number of anilines is 2. The Hall–Kier alpha value is -1.32. The predicted octanol–water partition coefficient (Wildman–Crippen LogP) is 3.17. The third-order valence-electron chi connectivity index (χ3n) is 3.36. The van der Waals surface area contributed by atoms with E-state index < -0.39 is 0 Å². The van der Waals surface area contributed by atoms with E-state index in [1.165, 1.54) is 0 Å². The first-order valence-electron chi connectivity index (χ1n) is 6.65. The normalized spacial score (nSPS) is 13.4. The second kappa shape index (κ2) is 5.55. The highest BCUT2D eigenvalue weighted by Gasteiger charge is 2.21. The lowest BCUT2D eigenvalue weighted by Crippen LogP contribution is -2.31. The van der Waals surface area contributed by atoms with E-state index in [4.69, 9.17) is 5.73 Å². The fourth-order valence-corrected chi connectivity index (χ4v) is 1.48. The number of aromatic nitrogens is 2. The van der Waals surface area contributed by atoms with Crippen molar-refractivity contribution in [2.75, 3.05) is 11.1 Å². The minimum Gasteiger partial charge on any atom is -0.383 e. The summed E-state index contributed by atoms with van der Waals surface area (Å²) in [7, 11) is 0. The molecule has 0 fully saturated rings. The summed E-state index contributed by atoms with van der Waals surface area (Å²) in [6.45, 7) is 12.9. The van der Waals surface area contributed by atoms with Crippen LogP contribution in [0.4, 0.5) is 11.6 Å². The Morgan fingerprint density at radius 2 is 1.89 bits per heavy atom. The predicted molar refractivity (Wildman–Crippen MR) is 77.7 cm³/mol. The van der Waals surface area contributed by atoms with E-state index in [2.05, 4.69) is 49.9 Å². The molecule has 1 aromatic heterocycles. The van der Waals surface area contributed by atoms with E-state index >= 15 is 0 Å². The molecule has 4 heteroatoms. The van der Waals surface area contributed by atoms with E-state index in [9.17, 15) is 0 Å². The quantitative estimate of drug-likeness (QED) is 0.861. The maximum atomic E-state index is 5.95. The second-order valence-electron chi connectivity index (χ2n) is 5.98. The van der Waals surface area contributed by atoms with Gasteiger partial charge in [0.2, 0.25) is 0 Å². The topological polar surface area (TPSA) is 63.8 Å². The van der Waals surface area contributed by atoms with Gasteiger partial charge in [-0.1, -0.05) is 27.7 Å². The number of nitrogens with zero attached hydrogens (tertiary/aromatic N) is 2. The molecule has 0 bridgehead atoms. The molecule has 18 heavy (non-hydrogen) atoms. The summed E-state index contributed by atoms with van der Waals surface area (Å²) in [6, 6.07) is 0.319. The SMILES string of the molecule is CCCc1nc(N)c(C)c(NC(C)C(C)(C)C)n1. The zero-order valence-electron chi connectivity index (χ0n) is 12.5. The van der Waals surface area contributed by atoms with Crippen LogP contribution in [0, 0.1) is 12.3 Å². The fraction of sp³-hybridized carbons (Fsp3) is 0.714. The van der Waals surface area contributed by atoms with E-state index in [-0.39, 0.29) is 5.41 Å². The maximum Gasteiger partial charge on any atom is 0.134 e. The van der Waals surface area contributed by atoms with Gasteiger partial charge in [-0.15, -0.1) is 0 Å². The minimum atomic E-state index is 0.178. The monoisotopic (exact) mass is 250 g/mol. The first-order chi connectivity index (χ1) is 8.25. The average Bonchev–Trinajstić information content (AvgIpc) is 2.24. The fourth-order valence-electron chi connectivity index (χ4n) is 1.48. The Morgan fingerprint density at radius 3 is 2.39 bits per heavy atom. The minimum absolute atomic E-state index is 0.178. The number of nitrogen functional groups attached to an aromatic ring is 1. The molecule has 0 aromatic carbocycles. The molecule has 0 saturated carbocycles. The van der Waals surface area contributed by atoms with Crippen molar-refractivity contribution in [3.63, 3.8) is 0 Å². The van der Waals surface area contributed by atoms with Crippen molar-refractivity contribution in [3.8, 4) is 0 Å². The van der Waals surface area contributed by atoms with Crippen LogP contribution in [0.5, 0.6) is 0 Å². The molecular weight excluding hydrogens is 224 g/mol. The van der Waals surface area contributed by atoms with E-state index in [0.717, 1.165) is 30.0 Å². The smallest absolute Gasteiger partial charge is 0.134 e. The highest BCUT2D eigenvalue weighted by Crippen LogP contribution is 2.25. The summed E-state index contributed by atoms with van der Waals surface area (Å²) in [5.74, 6) is 2.27. The van der Waals surface area contributed by atoms with Gasteiger partial charge in [-0.3, -0.25) is 0 Å². The lowest BCUT2D eigenvalue weighted by atomic mass is 9.88. The van der Waals surface area contributed by atoms with E-state index in [1.54, 1.807) is 0 Å². The first kappa shape index (κ1) is 14.7. The van der Waals surface area contributed by atoms with Gasteiger partial charge in [0.05, 0.1) is 0 Å². The summed E-state index contributed by atoms with van der Waals surface area (Å²) in [5.41, 5.74) is 7.06. The van der Waals surface area contributed by atoms with Crippen molar-refractivity contribution < 1.29 is 0 Å². The van der Waals surface area contributed by atoms with Crippen LogP contribution >= 0.6 is 0 Å². The lowest BCUT2D eigenvalue weighted by molar-refractivity contribution is 0.358. The van der Waals surface area contributed by atoms with Gasteiger partial charge in [0.15, 0.2) is 0 Å². The Labute approximate surface area is 110 Å². The van der Waals surface area contributed by atoms with Gasteiger partial charge < -0.3 is 11.1 Å². The van der Waals surface area contributed by atoms with Crippen LogP contribution in [0.1, 0.15) is 52.4 Å².